The van der Waals surface area contributed by atoms with Gasteiger partial charge in [0.1, 0.15) is 0 Å². The van der Waals surface area contributed by atoms with E-state index >= 15 is 0 Å². The molecular weight excluding hydrogens is 276 g/mol. The van der Waals surface area contributed by atoms with Gasteiger partial charge in [-0.2, -0.15) is 0 Å². The van der Waals surface area contributed by atoms with Crippen molar-refractivity contribution in [2.75, 3.05) is 13.6 Å². The van der Waals surface area contributed by atoms with E-state index in [0.717, 1.165) is 6.54 Å². The van der Waals surface area contributed by atoms with Gasteiger partial charge >= 0.3 is 0 Å². The molecule has 1 aromatic heterocycles. The summed E-state index contributed by atoms with van der Waals surface area (Å²) in [4.78, 5) is 3.89. The highest BCUT2D eigenvalue weighted by molar-refractivity contribution is 7.10. The molecular formula is C18H24N2S. The molecule has 21 heavy (non-hydrogen) atoms. The van der Waals surface area contributed by atoms with Crippen LogP contribution >= 0.6 is 11.3 Å². The Kier molecular flexibility index (Phi) is 4.73. The molecule has 2 nitrogen and oxygen atoms in total. The average molecular weight is 300 g/mol. The maximum Gasteiger partial charge on any atom is 0.0302 e. The normalized spacial score (nSPS) is 23.3. The molecule has 2 heterocycles. The summed E-state index contributed by atoms with van der Waals surface area (Å²) in [6.07, 6.45) is 2.52. The van der Waals surface area contributed by atoms with Crippen LogP contribution in [0.15, 0.2) is 41.8 Å². The van der Waals surface area contributed by atoms with Crippen molar-refractivity contribution in [2.45, 2.75) is 38.4 Å². The van der Waals surface area contributed by atoms with E-state index in [4.69, 9.17) is 0 Å². The first-order valence-electron chi connectivity index (χ1n) is 7.79. The summed E-state index contributed by atoms with van der Waals surface area (Å²) in [7, 11) is 2.23. The molecule has 112 valence electrons. The number of thiophene rings is 1. The van der Waals surface area contributed by atoms with Gasteiger partial charge in [0, 0.05) is 23.5 Å². The summed E-state index contributed by atoms with van der Waals surface area (Å²) in [6, 6.07) is 14.3. The van der Waals surface area contributed by atoms with Crippen molar-refractivity contribution in [3.63, 3.8) is 0 Å². The maximum absolute atomic E-state index is 3.74. The number of benzene rings is 1. The first kappa shape index (κ1) is 14.8. The van der Waals surface area contributed by atoms with Crippen molar-refractivity contribution in [2.24, 2.45) is 0 Å². The summed E-state index contributed by atoms with van der Waals surface area (Å²) in [5.41, 5.74) is 2.65. The summed E-state index contributed by atoms with van der Waals surface area (Å²) in [5.74, 6) is 0. The molecule has 0 amide bonds. The molecule has 2 unspecified atom stereocenters. The largest absolute Gasteiger partial charge is 0.309 e. The van der Waals surface area contributed by atoms with E-state index in [-0.39, 0.29) is 0 Å². The van der Waals surface area contributed by atoms with E-state index in [0.29, 0.717) is 12.1 Å². The molecule has 0 aliphatic carbocycles. The zero-order chi connectivity index (χ0) is 14.7. The number of nitrogens with one attached hydrogen (secondary N) is 1. The third-order valence-corrected chi connectivity index (χ3v) is 5.47. The molecule has 1 aliphatic heterocycles. The summed E-state index contributed by atoms with van der Waals surface area (Å²) in [5, 5.41) is 6.00. The lowest BCUT2D eigenvalue weighted by Gasteiger charge is -2.35. The van der Waals surface area contributed by atoms with Gasteiger partial charge < -0.3 is 10.2 Å². The van der Waals surface area contributed by atoms with E-state index in [9.17, 15) is 0 Å². The van der Waals surface area contributed by atoms with E-state index in [1.54, 1.807) is 0 Å². The molecule has 2 aromatic rings. The van der Waals surface area contributed by atoms with Gasteiger partial charge in [-0.1, -0.05) is 30.3 Å². The molecule has 2 atom stereocenters. The Balaban J connectivity index is 1.56. The Labute approximate surface area is 131 Å². The molecule has 1 saturated heterocycles. The van der Waals surface area contributed by atoms with Crippen LogP contribution in [-0.4, -0.2) is 30.6 Å². The quantitative estimate of drug-likeness (QED) is 0.918. The minimum atomic E-state index is 0.665. The highest BCUT2D eigenvalue weighted by atomic mass is 32.1. The van der Waals surface area contributed by atoms with Gasteiger partial charge in [0.05, 0.1) is 0 Å². The number of piperidine rings is 1. The van der Waals surface area contributed by atoms with Gasteiger partial charge in [-0.05, 0) is 55.9 Å². The number of likely N-dealkylation sites (tertiary alicyclic amines) is 1. The van der Waals surface area contributed by atoms with Gasteiger partial charge in [0.25, 0.3) is 0 Å². The Morgan fingerprint density at radius 2 is 2.05 bits per heavy atom. The molecule has 0 bridgehead atoms. The average Bonchev–Trinajstić information content (AvgIpc) is 2.98. The van der Waals surface area contributed by atoms with Crippen LogP contribution in [-0.2, 0) is 6.54 Å². The first-order chi connectivity index (χ1) is 10.2. The van der Waals surface area contributed by atoms with Gasteiger partial charge in [-0.15, -0.1) is 11.3 Å². The minimum absolute atomic E-state index is 0.665. The molecule has 1 fully saturated rings. The molecule has 1 N–H and O–H groups in total. The zero-order valence-corrected chi connectivity index (χ0v) is 13.7. The highest BCUT2D eigenvalue weighted by Crippen LogP contribution is 2.25. The van der Waals surface area contributed by atoms with Crippen molar-refractivity contribution in [3.05, 3.63) is 46.7 Å². The number of hydrogen-bond donors (Lipinski definition) is 1. The topological polar surface area (TPSA) is 15.3 Å². The van der Waals surface area contributed by atoms with Crippen molar-refractivity contribution in [1.29, 1.82) is 0 Å². The second-order valence-electron chi connectivity index (χ2n) is 6.10. The fourth-order valence-electron chi connectivity index (χ4n) is 2.98. The summed E-state index contributed by atoms with van der Waals surface area (Å²) in [6.45, 7) is 4.53. The minimum Gasteiger partial charge on any atom is -0.309 e. The van der Waals surface area contributed by atoms with Crippen molar-refractivity contribution < 1.29 is 0 Å². The Hall–Kier alpha value is -1.16. The van der Waals surface area contributed by atoms with Gasteiger partial charge in [0.15, 0.2) is 0 Å². The van der Waals surface area contributed by atoms with Crippen molar-refractivity contribution in [3.8, 4) is 11.1 Å². The maximum atomic E-state index is 3.74. The fraction of sp³-hybridized carbons (Fsp3) is 0.444. The lowest BCUT2D eigenvalue weighted by Crippen LogP contribution is -2.45. The number of rotatable bonds is 4. The molecule has 1 aliphatic rings. The third-order valence-electron chi connectivity index (χ3n) is 4.53. The van der Waals surface area contributed by atoms with Gasteiger partial charge in [0.2, 0.25) is 0 Å². The van der Waals surface area contributed by atoms with Crippen molar-refractivity contribution >= 4 is 11.3 Å². The third kappa shape index (κ3) is 3.73. The molecule has 1 aromatic carbocycles. The van der Waals surface area contributed by atoms with Crippen LogP contribution < -0.4 is 5.32 Å². The molecule has 3 rings (SSSR count). The lowest BCUT2D eigenvalue weighted by molar-refractivity contribution is 0.168. The van der Waals surface area contributed by atoms with Gasteiger partial charge in [-0.3, -0.25) is 0 Å². The fourth-order valence-corrected chi connectivity index (χ4v) is 3.82. The van der Waals surface area contributed by atoms with E-state index in [2.05, 4.69) is 66.0 Å². The van der Waals surface area contributed by atoms with Crippen LogP contribution in [0.5, 0.6) is 0 Å². The van der Waals surface area contributed by atoms with Crippen LogP contribution in [0, 0.1) is 0 Å². The van der Waals surface area contributed by atoms with E-state index in [1.807, 2.05) is 11.3 Å². The van der Waals surface area contributed by atoms with E-state index < -0.39 is 0 Å². The monoisotopic (exact) mass is 300 g/mol. The second kappa shape index (κ2) is 6.73. The molecule has 0 spiro atoms. The Morgan fingerprint density at radius 1 is 1.24 bits per heavy atom. The van der Waals surface area contributed by atoms with Crippen LogP contribution in [0.3, 0.4) is 0 Å². The first-order valence-corrected chi connectivity index (χ1v) is 8.67. The smallest absolute Gasteiger partial charge is 0.0302 e. The second-order valence-corrected chi connectivity index (χ2v) is 7.10. The Morgan fingerprint density at radius 3 is 2.81 bits per heavy atom. The lowest BCUT2D eigenvalue weighted by atomic mass is 9.99. The summed E-state index contributed by atoms with van der Waals surface area (Å²) < 4.78 is 0. The van der Waals surface area contributed by atoms with Crippen LogP contribution in [0.25, 0.3) is 11.1 Å². The van der Waals surface area contributed by atoms with Crippen LogP contribution in [0.4, 0.5) is 0 Å². The molecule has 0 saturated carbocycles. The summed E-state index contributed by atoms with van der Waals surface area (Å²) >= 11 is 1.86. The molecule has 0 radical (unpaired) electrons. The predicted molar refractivity (Wildman–Crippen MR) is 91.7 cm³/mol. The Bertz CT molecular complexity index is 564. The highest BCUT2D eigenvalue weighted by Gasteiger charge is 2.22. The van der Waals surface area contributed by atoms with Gasteiger partial charge in [-0.25, -0.2) is 0 Å². The van der Waals surface area contributed by atoms with E-state index in [1.165, 1.54) is 35.4 Å². The SMILES string of the molecule is CC1CC(NCc2cc(-c3ccccc3)cs2)CCN1C. The number of nitrogens with zero attached hydrogens (tertiary/aromatic N) is 1. The molecule has 3 heteroatoms. The van der Waals surface area contributed by atoms with Crippen LogP contribution in [0.1, 0.15) is 24.6 Å². The van der Waals surface area contributed by atoms with Crippen LogP contribution in [0.2, 0.25) is 0 Å². The number of hydrogen-bond acceptors (Lipinski definition) is 3. The standard InChI is InChI=1S/C18H24N2S/c1-14-10-17(8-9-20(14)2)19-12-18-11-16(13-21-18)15-6-4-3-5-7-15/h3-7,11,13-14,17,19H,8-10,12H2,1-2H3. The predicted octanol–water partition coefficient (Wildman–Crippen LogP) is 3.99. The van der Waals surface area contributed by atoms with Crippen molar-refractivity contribution in [1.82, 2.24) is 10.2 Å². The zero-order valence-electron chi connectivity index (χ0n) is 12.9.